The first-order chi connectivity index (χ1) is 5.68. The molecule has 1 rings (SSSR count). The molecule has 0 bridgehead atoms. The Bertz CT molecular complexity index is 158. The van der Waals surface area contributed by atoms with Gasteiger partial charge in [-0.1, -0.05) is 31.9 Å². The Morgan fingerprint density at radius 2 is 2.25 bits per heavy atom. The third-order valence-electron chi connectivity index (χ3n) is 2.31. The molecule has 1 atom stereocenters. The Hall–Kier alpha value is 0.0300. The maximum absolute atomic E-state index is 6.12. The fraction of sp³-hybridized carbons (Fsp3) is 0.818. The SMILES string of the molecule is CC(C)CC1=CC(Cl)CCCC1. The lowest BCUT2D eigenvalue weighted by molar-refractivity contribution is 0.615. The maximum atomic E-state index is 6.12. The zero-order chi connectivity index (χ0) is 8.97. The van der Waals surface area contributed by atoms with Gasteiger partial charge in [0.2, 0.25) is 0 Å². The molecule has 0 N–H and O–H groups in total. The Morgan fingerprint density at radius 1 is 1.50 bits per heavy atom. The van der Waals surface area contributed by atoms with E-state index in [2.05, 4.69) is 19.9 Å². The molecule has 0 amide bonds. The van der Waals surface area contributed by atoms with Crippen LogP contribution in [-0.4, -0.2) is 5.38 Å². The molecule has 1 heteroatoms. The molecule has 0 saturated heterocycles. The summed E-state index contributed by atoms with van der Waals surface area (Å²) in [7, 11) is 0. The average Bonchev–Trinajstić information content (AvgIpc) is 2.12. The van der Waals surface area contributed by atoms with Gasteiger partial charge in [-0.2, -0.15) is 0 Å². The van der Waals surface area contributed by atoms with Crippen molar-refractivity contribution in [2.24, 2.45) is 5.92 Å². The summed E-state index contributed by atoms with van der Waals surface area (Å²) in [5.41, 5.74) is 1.59. The average molecular weight is 187 g/mol. The highest BCUT2D eigenvalue weighted by Crippen LogP contribution is 2.25. The van der Waals surface area contributed by atoms with E-state index in [1.54, 1.807) is 5.57 Å². The van der Waals surface area contributed by atoms with Crippen LogP contribution in [-0.2, 0) is 0 Å². The van der Waals surface area contributed by atoms with Crippen molar-refractivity contribution in [2.45, 2.75) is 51.3 Å². The van der Waals surface area contributed by atoms with Crippen molar-refractivity contribution in [3.63, 3.8) is 0 Å². The summed E-state index contributed by atoms with van der Waals surface area (Å²) in [5.74, 6) is 0.776. The fourth-order valence-corrected chi connectivity index (χ4v) is 2.14. The van der Waals surface area contributed by atoms with Crippen molar-refractivity contribution in [3.8, 4) is 0 Å². The lowest BCUT2D eigenvalue weighted by atomic mass is 9.99. The van der Waals surface area contributed by atoms with E-state index in [0.717, 1.165) is 5.92 Å². The van der Waals surface area contributed by atoms with Crippen molar-refractivity contribution >= 4 is 11.6 Å². The Kier molecular flexibility index (Phi) is 4.14. The summed E-state index contributed by atoms with van der Waals surface area (Å²) in [6.07, 6.45) is 8.61. The minimum Gasteiger partial charge on any atom is -0.118 e. The van der Waals surface area contributed by atoms with E-state index >= 15 is 0 Å². The topological polar surface area (TPSA) is 0 Å². The molecule has 0 saturated carbocycles. The Morgan fingerprint density at radius 3 is 2.92 bits per heavy atom. The van der Waals surface area contributed by atoms with Gasteiger partial charge in [-0.25, -0.2) is 0 Å². The highest BCUT2D eigenvalue weighted by atomic mass is 35.5. The van der Waals surface area contributed by atoms with E-state index in [4.69, 9.17) is 11.6 Å². The summed E-state index contributed by atoms with van der Waals surface area (Å²) in [4.78, 5) is 0. The minimum absolute atomic E-state index is 0.307. The van der Waals surface area contributed by atoms with Crippen LogP contribution in [0.25, 0.3) is 0 Å². The van der Waals surface area contributed by atoms with Crippen molar-refractivity contribution < 1.29 is 0 Å². The van der Waals surface area contributed by atoms with Gasteiger partial charge >= 0.3 is 0 Å². The third-order valence-corrected chi connectivity index (χ3v) is 2.66. The van der Waals surface area contributed by atoms with E-state index in [-0.39, 0.29) is 0 Å². The monoisotopic (exact) mass is 186 g/mol. The molecule has 0 nitrogen and oxygen atoms in total. The molecule has 0 aromatic rings. The quantitative estimate of drug-likeness (QED) is 0.449. The lowest BCUT2D eigenvalue weighted by Crippen LogP contribution is -1.94. The minimum atomic E-state index is 0.307. The predicted octanol–water partition coefficient (Wildman–Crippen LogP) is 4.14. The molecule has 70 valence electrons. The largest absolute Gasteiger partial charge is 0.118 e. The van der Waals surface area contributed by atoms with Crippen molar-refractivity contribution in [1.29, 1.82) is 0 Å². The first kappa shape index (κ1) is 10.1. The number of rotatable bonds is 2. The van der Waals surface area contributed by atoms with Gasteiger partial charge in [-0.05, 0) is 31.6 Å². The first-order valence-electron chi connectivity index (χ1n) is 5.02. The Labute approximate surface area is 81.0 Å². The number of allylic oxidation sites excluding steroid dienone is 2. The van der Waals surface area contributed by atoms with E-state index < -0.39 is 0 Å². The van der Waals surface area contributed by atoms with E-state index in [0.29, 0.717) is 5.38 Å². The van der Waals surface area contributed by atoms with Gasteiger partial charge in [0.15, 0.2) is 0 Å². The maximum Gasteiger partial charge on any atom is 0.0518 e. The fourth-order valence-electron chi connectivity index (χ4n) is 1.81. The van der Waals surface area contributed by atoms with Gasteiger partial charge < -0.3 is 0 Å². The van der Waals surface area contributed by atoms with Crippen LogP contribution < -0.4 is 0 Å². The molecule has 1 unspecified atom stereocenters. The van der Waals surface area contributed by atoms with Gasteiger partial charge in [-0.15, -0.1) is 11.6 Å². The van der Waals surface area contributed by atoms with E-state index in [1.165, 1.54) is 32.1 Å². The van der Waals surface area contributed by atoms with E-state index in [9.17, 15) is 0 Å². The molecule has 0 heterocycles. The number of hydrogen-bond donors (Lipinski definition) is 0. The van der Waals surface area contributed by atoms with Crippen LogP contribution in [0.15, 0.2) is 11.6 Å². The smallest absolute Gasteiger partial charge is 0.0518 e. The second kappa shape index (κ2) is 4.91. The van der Waals surface area contributed by atoms with Gasteiger partial charge in [0.1, 0.15) is 0 Å². The van der Waals surface area contributed by atoms with Gasteiger partial charge in [-0.3, -0.25) is 0 Å². The molecule has 0 radical (unpaired) electrons. The normalized spacial score (nSPS) is 25.3. The summed E-state index contributed by atoms with van der Waals surface area (Å²) in [6, 6.07) is 0. The van der Waals surface area contributed by atoms with Gasteiger partial charge in [0.25, 0.3) is 0 Å². The van der Waals surface area contributed by atoms with Crippen LogP contribution in [0, 0.1) is 5.92 Å². The molecule has 1 aliphatic rings. The lowest BCUT2D eigenvalue weighted by Gasteiger charge is -2.08. The molecule has 0 aliphatic heterocycles. The number of alkyl halides is 1. The number of halogens is 1. The second-order valence-corrected chi connectivity index (χ2v) is 4.75. The highest BCUT2D eigenvalue weighted by molar-refractivity contribution is 6.21. The van der Waals surface area contributed by atoms with Crippen molar-refractivity contribution in [2.75, 3.05) is 0 Å². The second-order valence-electron chi connectivity index (χ2n) is 4.18. The molecule has 1 aliphatic carbocycles. The van der Waals surface area contributed by atoms with E-state index in [1.807, 2.05) is 0 Å². The molecular formula is C11H19Cl. The molecule has 0 aromatic heterocycles. The zero-order valence-electron chi connectivity index (χ0n) is 8.15. The highest BCUT2D eigenvalue weighted by Gasteiger charge is 2.10. The molecule has 12 heavy (non-hydrogen) atoms. The van der Waals surface area contributed by atoms with Crippen LogP contribution >= 0.6 is 11.6 Å². The van der Waals surface area contributed by atoms with Gasteiger partial charge in [0, 0.05) is 0 Å². The van der Waals surface area contributed by atoms with Crippen LogP contribution in [0.1, 0.15) is 46.0 Å². The van der Waals surface area contributed by atoms with Gasteiger partial charge in [0.05, 0.1) is 5.38 Å². The van der Waals surface area contributed by atoms with Crippen molar-refractivity contribution in [1.82, 2.24) is 0 Å². The van der Waals surface area contributed by atoms with Crippen LogP contribution in [0.3, 0.4) is 0 Å². The summed E-state index contributed by atoms with van der Waals surface area (Å²) in [6.45, 7) is 4.55. The number of hydrogen-bond acceptors (Lipinski definition) is 0. The van der Waals surface area contributed by atoms with Crippen LogP contribution in [0.2, 0.25) is 0 Å². The zero-order valence-corrected chi connectivity index (χ0v) is 8.90. The molecule has 0 fully saturated rings. The molecule has 0 aromatic carbocycles. The first-order valence-corrected chi connectivity index (χ1v) is 5.45. The summed E-state index contributed by atoms with van der Waals surface area (Å²) in [5, 5.41) is 0.307. The molecular weight excluding hydrogens is 168 g/mol. The van der Waals surface area contributed by atoms with Crippen LogP contribution in [0.4, 0.5) is 0 Å². The predicted molar refractivity (Wildman–Crippen MR) is 55.6 cm³/mol. The Balaban J connectivity index is 2.48. The summed E-state index contributed by atoms with van der Waals surface area (Å²) >= 11 is 6.12. The third kappa shape index (κ3) is 3.62. The summed E-state index contributed by atoms with van der Waals surface area (Å²) < 4.78 is 0. The van der Waals surface area contributed by atoms with Crippen LogP contribution in [0.5, 0.6) is 0 Å². The standard InChI is InChI=1S/C11H19Cl/c1-9(2)7-10-5-3-4-6-11(12)8-10/h8-9,11H,3-7H2,1-2H3. The molecule has 0 spiro atoms. The van der Waals surface area contributed by atoms with Crippen molar-refractivity contribution in [3.05, 3.63) is 11.6 Å².